The summed E-state index contributed by atoms with van der Waals surface area (Å²) in [4.78, 5) is 2.55. The number of hydrogen-bond acceptors (Lipinski definition) is 2. The molecule has 0 aliphatic heterocycles. The highest BCUT2D eigenvalue weighted by Crippen LogP contribution is 2.26. The van der Waals surface area contributed by atoms with Gasteiger partial charge in [-0.25, -0.2) is 0 Å². The molecule has 0 saturated heterocycles. The lowest BCUT2D eigenvalue weighted by atomic mass is 9.95. The third kappa shape index (κ3) is 4.60. The van der Waals surface area contributed by atoms with Gasteiger partial charge in [-0.05, 0) is 31.9 Å². The molecule has 0 amide bonds. The van der Waals surface area contributed by atoms with Crippen LogP contribution in [-0.4, -0.2) is 24.0 Å². The van der Waals surface area contributed by atoms with Gasteiger partial charge < -0.3 is 5.73 Å². The van der Waals surface area contributed by atoms with Crippen molar-refractivity contribution in [2.75, 3.05) is 13.1 Å². The number of nitrogens with two attached hydrogens (primary N) is 1. The zero-order chi connectivity index (χ0) is 15.1. The number of hydrogen-bond donors (Lipinski definition) is 1. The Morgan fingerprint density at radius 1 is 1.15 bits per heavy atom. The van der Waals surface area contributed by atoms with Gasteiger partial charge in [0.25, 0.3) is 0 Å². The van der Waals surface area contributed by atoms with Gasteiger partial charge in [-0.1, -0.05) is 63.4 Å². The fraction of sp³-hybridized carbons (Fsp3) is 0.667. The van der Waals surface area contributed by atoms with E-state index in [4.69, 9.17) is 5.73 Å². The van der Waals surface area contributed by atoms with Crippen LogP contribution < -0.4 is 5.73 Å². The van der Waals surface area contributed by atoms with E-state index >= 15 is 0 Å². The maximum Gasteiger partial charge on any atom is 0.0496 e. The van der Waals surface area contributed by atoms with Crippen LogP contribution in [0.3, 0.4) is 0 Å². The van der Waals surface area contributed by atoms with Crippen LogP contribution in [0.1, 0.15) is 57.7 Å². The predicted octanol–water partition coefficient (Wildman–Crippen LogP) is 4.14. The Hall–Kier alpha value is -0.860. The molecule has 0 aromatic heterocycles. The molecule has 114 valence electrons. The number of likely N-dealkylation sites (N-methyl/N-ethyl adjacent to an activating group) is 1. The van der Waals surface area contributed by atoms with Crippen molar-refractivity contribution in [1.29, 1.82) is 0 Å². The molecule has 0 fully saturated rings. The van der Waals surface area contributed by atoms with Crippen molar-refractivity contribution >= 4 is 0 Å². The van der Waals surface area contributed by atoms with E-state index in [9.17, 15) is 0 Å². The second-order valence-corrected chi connectivity index (χ2v) is 5.99. The summed E-state index contributed by atoms with van der Waals surface area (Å²) in [5, 5.41) is 0. The fourth-order valence-electron chi connectivity index (χ4n) is 3.02. The zero-order valence-electron chi connectivity index (χ0n) is 13.9. The van der Waals surface area contributed by atoms with Crippen LogP contribution in [0.15, 0.2) is 24.3 Å². The molecule has 0 bridgehead atoms. The first kappa shape index (κ1) is 17.2. The number of aryl methyl sites for hydroxylation is 1. The maximum atomic E-state index is 6.31. The first-order valence-corrected chi connectivity index (χ1v) is 8.09. The topological polar surface area (TPSA) is 29.3 Å². The normalized spacial score (nSPS) is 14.8. The summed E-state index contributed by atoms with van der Waals surface area (Å²) in [6.45, 7) is 13.3. The molecule has 0 heterocycles. The number of benzene rings is 1. The van der Waals surface area contributed by atoms with Gasteiger partial charge in [-0.3, -0.25) is 4.90 Å². The van der Waals surface area contributed by atoms with E-state index in [2.05, 4.69) is 63.8 Å². The predicted molar refractivity (Wildman–Crippen MR) is 88.9 cm³/mol. The van der Waals surface area contributed by atoms with Crippen LogP contribution in [0.4, 0.5) is 0 Å². The average molecular weight is 276 g/mol. The minimum absolute atomic E-state index is 0.145. The Bertz CT molecular complexity index is 383. The van der Waals surface area contributed by atoms with Gasteiger partial charge in [0.2, 0.25) is 0 Å². The molecule has 0 aliphatic rings. The first-order chi connectivity index (χ1) is 9.53. The molecule has 2 heteroatoms. The Kier molecular flexibility index (Phi) is 7.25. The van der Waals surface area contributed by atoms with Crippen LogP contribution in [0.25, 0.3) is 0 Å². The molecule has 20 heavy (non-hydrogen) atoms. The number of rotatable bonds is 8. The molecule has 2 atom stereocenters. The molecule has 0 saturated carbocycles. The Morgan fingerprint density at radius 3 is 2.25 bits per heavy atom. The van der Waals surface area contributed by atoms with E-state index in [1.807, 2.05) is 0 Å². The van der Waals surface area contributed by atoms with Crippen LogP contribution in [0.5, 0.6) is 0 Å². The van der Waals surface area contributed by atoms with Crippen LogP contribution in [0, 0.1) is 12.8 Å². The third-order valence-electron chi connectivity index (χ3n) is 4.33. The van der Waals surface area contributed by atoms with Crippen LogP contribution >= 0.6 is 0 Å². The highest BCUT2D eigenvalue weighted by Gasteiger charge is 2.24. The second kappa shape index (κ2) is 8.43. The largest absolute Gasteiger partial charge is 0.326 e. The van der Waals surface area contributed by atoms with Gasteiger partial charge >= 0.3 is 0 Å². The maximum absolute atomic E-state index is 6.31. The molecule has 1 aromatic rings. The lowest BCUT2D eigenvalue weighted by Crippen LogP contribution is -2.41. The quantitative estimate of drug-likeness (QED) is 0.773. The highest BCUT2D eigenvalue weighted by molar-refractivity contribution is 5.26. The smallest absolute Gasteiger partial charge is 0.0496 e. The standard InChI is InChI=1S/C18H32N2/c1-6-16(7-2)13-20(8-3)18(15(5)19)17-11-9-10-14(4)12-17/h9-12,15-16,18H,6-8,13,19H2,1-5H3. The van der Waals surface area contributed by atoms with Crippen molar-refractivity contribution in [2.24, 2.45) is 11.7 Å². The lowest BCUT2D eigenvalue weighted by molar-refractivity contribution is 0.153. The van der Waals surface area contributed by atoms with Crippen molar-refractivity contribution in [3.63, 3.8) is 0 Å². The molecule has 2 nitrogen and oxygen atoms in total. The fourth-order valence-corrected chi connectivity index (χ4v) is 3.02. The molecule has 0 aliphatic carbocycles. The van der Waals surface area contributed by atoms with E-state index in [1.165, 1.54) is 24.0 Å². The van der Waals surface area contributed by atoms with Crippen molar-refractivity contribution in [1.82, 2.24) is 4.90 Å². The van der Waals surface area contributed by atoms with E-state index < -0.39 is 0 Å². The monoisotopic (exact) mass is 276 g/mol. The summed E-state index contributed by atoms with van der Waals surface area (Å²) < 4.78 is 0. The van der Waals surface area contributed by atoms with Gasteiger partial charge in [0, 0.05) is 18.6 Å². The zero-order valence-corrected chi connectivity index (χ0v) is 13.9. The van der Waals surface area contributed by atoms with Crippen molar-refractivity contribution in [2.45, 2.75) is 59.5 Å². The minimum Gasteiger partial charge on any atom is -0.326 e. The molecule has 1 aromatic carbocycles. The summed E-state index contributed by atoms with van der Waals surface area (Å²) in [5.74, 6) is 0.765. The van der Waals surface area contributed by atoms with Gasteiger partial charge in [0.05, 0.1) is 0 Å². The van der Waals surface area contributed by atoms with E-state index in [0.717, 1.165) is 19.0 Å². The van der Waals surface area contributed by atoms with Crippen molar-refractivity contribution < 1.29 is 0 Å². The van der Waals surface area contributed by atoms with Crippen molar-refractivity contribution in [3.05, 3.63) is 35.4 Å². The minimum atomic E-state index is 0.145. The lowest BCUT2D eigenvalue weighted by Gasteiger charge is -2.36. The second-order valence-electron chi connectivity index (χ2n) is 5.99. The first-order valence-electron chi connectivity index (χ1n) is 8.09. The molecule has 2 N–H and O–H groups in total. The Labute approximate surface area is 125 Å². The molecule has 0 radical (unpaired) electrons. The van der Waals surface area contributed by atoms with Crippen LogP contribution in [-0.2, 0) is 0 Å². The average Bonchev–Trinajstić information content (AvgIpc) is 2.42. The molecule has 2 unspecified atom stereocenters. The molecular formula is C18H32N2. The van der Waals surface area contributed by atoms with Gasteiger partial charge in [-0.15, -0.1) is 0 Å². The van der Waals surface area contributed by atoms with Gasteiger partial charge in [0.1, 0.15) is 0 Å². The Morgan fingerprint density at radius 2 is 1.80 bits per heavy atom. The summed E-state index contributed by atoms with van der Waals surface area (Å²) in [7, 11) is 0. The molecule has 1 rings (SSSR count). The molecule has 0 spiro atoms. The molecular weight excluding hydrogens is 244 g/mol. The van der Waals surface area contributed by atoms with Crippen molar-refractivity contribution in [3.8, 4) is 0 Å². The Balaban J connectivity index is 2.98. The summed E-state index contributed by atoms with van der Waals surface area (Å²) in [5.41, 5.74) is 8.98. The van der Waals surface area contributed by atoms with E-state index in [1.54, 1.807) is 0 Å². The summed E-state index contributed by atoms with van der Waals surface area (Å²) >= 11 is 0. The van der Waals surface area contributed by atoms with E-state index in [-0.39, 0.29) is 6.04 Å². The number of nitrogens with zero attached hydrogens (tertiary/aromatic N) is 1. The SMILES string of the molecule is CCC(CC)CN(CC)C(c1cccc(C)c1)C(C)N. The van der Waals surface area contributed by atoms with E-state index in [0.29, 0.717) is 6.04 Å². The summed E-state index contributed by atoms with van der Waals surface area (Å²) in [6, 6.07) is 9.26. The highest BCUT2D eigenvalue weighted by atomic mass is 15.2. The van der Waals surface area contributed by atoms with Gasteiger partial charge in [-0.2, -0.15) is 0 Å². The van der Waals surface area contributed by atoms with Crippen LogP contribution in [0.2, 0.25) is 0 Å². The summed E-state index contributed by atoms with van der Waals surface area (Å²) in [6.07, 6.45) is 2.49. The third-order valence-corrected chi connectivity index (χ3v) is 4.33. The van der Waals surface area contributed by atoms with Gasteiger partial charge in [0.15, 0.2) is 0 Å².